The number of ether oxygens (including phenoxy) is 1. The van der Waals surface area contributed by atoms with Crippen LogP contribution in [0, 0.1) is 5.92 Å². The Kier molecular flexibility index (Phi) is 7.15. The first-order chi connectivity index (χ1) is 15.7. The molecule has 1 aromatic heterocycles. The first kappa shape index (κ1) is 24.0. The van der Waals surface area contributed by atoms with Crippen LogP contribution in [-0.4, -0.2) is 39.9 Å². The number of nitrogens with two attached hydrogens (primary N) is 1. The molecule has 1 aliphatic rings. The molecule has 3 rings (SSSR count). The van der Waals surface area contributed by atoms with Crippen LogP contribution in [0.2, 0.25) is 0 Å². The summed E-state index contributed by atoms with van der Waals surface area (Å²) >= 11 is 0. The maximum absolute atomic E-state index is 12.7. The molecule has 0 bridgehead atoms. The van der Waals surface area contributed by atoms with Crippen molar-refractivity contribution in [3.05, 3.63) is 56.2 Å². The van der Waals surface area contributed by atoms with Crippen molar-refractivity contribution >= 4 is 29.2 Å². The Morgan fingerprint density at radius 1 is 1.12 bits per heavy atom. The van der Waals surface area contributed by atoms with Crippen molar-refractivity contribution in [2.75, 3.05) is 23.8 Å². The number of carbonyl (C=O) groups is 3. The molecule has 1 unspecified atom stereocenters. The van der Waals surface area contributed by atoms with Crippen LogP contribution in [0.5, 0.6) is 0 Å². The molecule has 10 heteroatoms. The molecule has 2 heterocycles. The van der Waals surface area contributed by atoms with Gasteiger partial charge in [-0.05, 0) is 30.5 Å². The Bertz CT molecular complexity index is 1200. The third-order valence-corrected chi connectivity index (χ3v) is 5.77. The highest BCUT2D eigenvalue weighted by atomic mass is 16.5. The number of hydrogen-bond donors (Lipinski definition) is 1. The second-order valence-electron chi connectivity index (χ2n) is 8.01. The minimum Gasteiger partial charge on any atom is -0.457 e. The molecule has 0 radical (unpaired) electrons. The molecular formula is C23H28N4O6. The first-order valence-electron chi connectivity index (χ1n) is 10.9. The number of hydrogen-bond acceptors (Lipinski definition) is 7. The van der Waals surface area contributed by atoms with Crippen molar-refractivity contribution in [1.82, 2.24) is 9.13 Å². The van der Waals surface area contributed by atoms with Gasteiger partial charge in [0.2, 0.25) is 11.7 Å². The second kappa shape index (κ2) is 9.85. The van der Waals surface area contributed by atoms with Gasteiger partial charge in [0.05, 0.1) is 5.92 Å². The largest absolute Gasteiger partial charge is 0.457 e. The van der Waals surface area contributed by atoms with Gasteiger partial charge in [0.15, 0.2) is 6.61 Å². The monoisotopic (exact) mass is 456 g/mol. The molecule has 33 heavy (non-hydrogen) atoms. The van der Waals surface area contributed by atoms with Crippen molar-refractivity contribution in [2.24, 2.45) is 13.0 Å². The van der Waals surface area contributed by atoms with Crippen molar-refractivity contribution in [3.63, 3.8) is 0 Å². The number of rotatable bonds is 8. The number of benzene rings is 1. The Labute approximate surface area is 190 Å². The highest BCUT2D eigenvalue weighted by molar-refractivity contribution is 6.02. The number of ketones is 1. The van der Waals surface area contributed by atoms with E-state index in [2.05, 4.69) is 0 Å². The van der Waals surface area contributed by atoms with Crippen LogP contribution >= 0.6 is 0 Å². The van der Waals surface area contributed by atoms with Gasteiger partial charge >= 0.3 is 11.7 Å². The summed E-state index contributed by atoms with van der Waals surface area (Å²) in [5, 5.41) is 0. The van der Waals surface area contributed by atoms with Gasteiger partial charge in [-0.2, -0.15) is 0 Å². The molecule has 1 amide bonds. The summed E-state index contributed by atoms with van der Waals surface area (Å²) in [5.41, 5.74) is 5.90. The normalized spacial score (nSPS) is 15.7. The molecule has 0 saturated carbocycles. The summed E-state index contributed by atoms with van der Waals surface area (Å²) in [7, 11) is 1.25. The van der Waals surface area contributed by atoms with E-state index in [0.717, 1.165) is 21.1 Å². The molecule has 1 fully saturated rings. The highest BCUT2D eigenvalue weighted by Crippen LogP contribution is 2.26. The quantitative estimate of drug-likeness (QED) is 0.460. The lowest BCUT2D eigenvalue weighted by Crippen LogP contribution is -2.43. The zero-order chi connectivity index (χ0) is 24.3. The van der Waals surface area contributed by atoms with E-state index in [-0.39, 0.29) is 31.2 Å². The summed E-state index contributed by atoms with van der Waals surface area (Å²) in [6.45, 7) is 3.52. The molecule has 0 spiro atoms. The number of esters is 1. The van der Waals surface area contributed by atoms with E-state index < -0.39 is 41.1 Å². The molecule has 10 nitrogen and oxygen atoms in total. The van der Waals surface area contributed by atoms with Crippen LogP contribution in [0.3, 0.4) is 0 Å². The van der Waals surface area contributed by atoms with Crippen LogP contribution < -0.4 is 21.9 Å². The van der Waals surface area contributed by atoms with E-state index >= 15 is 0 Å². The fourth-order valence-electron chi connectivity index (χ4n) is 3.84. The third kappa shape index (κ3) is 4.74. The van der Waals surface area contributed by atoms with Gasteiger partial charge in [0.1, 0.15) is 11.4 Å². The molecule has 0 aliphatic carbocycles. The maximum atomic E-state index is 12.7. The predicted molar refractivity (Wildman–Crippen MR) is 122 cm³/mol. The van der Waals surface area contributed by atoms with Crippen LogP contribution in [0.1, 0.15) is 42.6 Å². The van der Waals surface area contributed by atoms with Gasteiger partial charge < -0.3 is 15.4 Å². The number of aryl methyl sites for hydroxylation is 1. The molecule has 2 N–H and O–H groups in total. The lowest BCUT2D eigenvalue weighted by Gasteiger charge is -2.17. The summed E-state index contributed by atoms with van der Waals surface area (Å²) in [6, 6.07) is 7.52. The molecule has 1 atom stereocenters. The fraction of sp³-hybridized carbons (Fsp3) is 0.435. The summed E-state index contributed by atoms with van der Waals surface area (Å²) in [4.78, 5) is 63.8. The summed E-state index contributed by atoms with van der Waals surface area (Å²) in [6.07, 6.45) is 1.41. The van der Waals surface area contributed by atoms with Gasteiger partial charge in [-0.25, -0.2) is 4.79 Å². The molecule has 1 saturated heterocycles. The van der Waals surface area contributed by atoms with Crippen molar-refractivity contribution in [2.45, 2.75) is 39.7 Å². The van der Waals surface area contributed by atoms with Crippen molar-refractivity contribution in [3.8, 4) is 0 Å². The first-order valence-corrected chi connectivity index (χ1v) is 10.9. The molecule has 2 aromatic rings. The number of nitrogen functional groups attached to an aromatic ring is 1. The molecule has 1 aliphatic heterocycles. The Morgan fingerprint density at radius 2 is 1.79 bits per heavy atom. The Hall–Kier alpha value is -3.69. The van der Waals surface area contributed by atoms with E-state index in [4.69, 9.17) is 10.5 Å². The fourth-order valence-corrected chi connectivity index (χ4v) is 3.84. The molecule has 1 aromatic carbocycles. The van der Waals surface area contributed by atoms with E-state index in [0.29, 0.717) is 12.1 Å². The van der Waals surface area contributed by atoms with Gasteiger partial charge in [0, 0.05) is 32.2 Å². The number of aromatic nitrogens is 2. The topological polar surface area (TPSA) is 134 Å². The lowest BCUT2D eigenvalue weighted by atomic mass is 10.1. The smallest absolute Gasteiger partial charge is 0.332 e. The molecular weight excluding hydrogens is 428 g/mol. The number of carbonyl (C=O) groups excluding carboxylic acids is 3. The summed E-state index contributed by atoms with van der Waals surface area (Å²) in [5.74, 6) is -2.70. The van der Waals surface area contributed by atoms with Crippen LogP contribution in [-0.2, 0) is 34.3 Å². The minimum atomic E-state index is -0.844. The number of amides is 1. The van der Waals surface area contributed by atoms with Gasteiger partial charge in [-0.15, -0.1) is 0 Å². The number of Topliss-reactive ketones (excluding diaryl/α,β-unsaturated/α-hetero) is 1. The maximum Gasteiger partial charge on any atom is 0.332 e. The number of nitrogens with zero attached hydrogens (tertiary/aromatic N) is 3. The Morgan fingerprint density at radius 3 is 2.39 bits per heavy atom. The Balaban J connectivity index is 1.70. The van der Waals surface area contributed by atoms with E-state index in [9.17, 15) is 24.0 Å². The van der Waals surface area contributed by atoms with Crippen molar-refractivity contribution < 1.29 is 19.1 Å². The predicted octanol–water partition coefficient (Wildman–Crippen LogP) is 0.881. The van der Waals surface area contributed by atoms with E-state index in [1.807, 2.05) is 38.1 Å². The van der Waals surface area contributed by atoms with E-state index in [1.165, 1.54) is 11.9 Å². The zero-order valence-corrected chi connectivity index (χ0v) is 19.0. The zero-order valence-electron chi connectivity index (χ0n) is 19.0. The highest BCUT2D eigenvalue weighted by Gasteiger charge is 2.36. The van der Waals surface area contributed by atoms with Crippen LogP contribution in [0.15, 0.2) is 33.9 Å². The third-order valence-electron chi connectivity index (χ3n) is 5.77. The van der Waals surface area contributed by atoms with Crippen LogP contribution in [0.25, 0.3) is 0 Å². The van der Waals surface area contributed by atoms with Crippen LogP contribution in [0.4, 0.5) is 11.5 Å². The van der Waals surface area contributed by atoms with E-state index in [1.54, 1.807) is 0 Å². The number of anilines is 2. The average molecular weight is 456 g/mol. The van der Waals surface area contributed by atoms with Gasteiger partial charge in [-0.3, -0.25) is 28.3 Å². The van der Waals surface area contributed by atoms with Gasteiger partial charge in [0.25, 0.3) is 5.56 Å². The van der Waals surface area contributed by atoms with Crippen molar-refractivity contribution in [1.29, 1.82) is 0 Å². The SMILES string of the molecule is CCCn1c(N)c(C(=O)COC(=O)C2CC(=O)N(c3ccc(CC)cc3)C2)c(=O)n(C)c1=O. The standard InChI is InChI=1S/C23H28N4O6/c1-4-10-26-20(24)19(21(30)25(3)23(26)32)17(28)13-33-22(31)15-11-18(29)27(12-15)16-8-6-14(5-2)7-9-16/h6-9,15H,4-5,10-13,24H2,1-3H3. The minimum absolute atomic E-state index is 0.0339. The lowest BCUT2D eigenvalue weighted by molar-refractivity contribution is -0.147. The van der Waals surface area contributed by atoms with Gasteiger partial charge in [-0.1, -0.05) is 26.0 Å². The second-order valence-corrected chi connectivity index (χ2v) is 8.01. The average Bonchev–Trinajstić information content (AvgIpc) is 3.20. The summed E-state index contributed by atoms with van der Waals surface area (Å²) < 4.78 is 7.08. The molecule has 176 valence electrons.